The average Bonchev–Trinajstić information content (AvgIpc) is 3.37. The number of aromatic nitrogens is 1. The van der Waals surface area contributed by atoms with Crippen molar-refractivity contribution in [2.75, 3.05) is 38.6 Å². The van der Waals surface area contributed by atoms with Crippen molar-refractivity contribution in [3.8, 4) is 11.8 Å². The topological polar surface area (TPSA) is 81.5 Å². The van der Waals surface area contributed by atoms with E-state index >= 15 is 0 Å². The molecule has 28 heavy (non-hydrogen) atoms. The molecule has 2 fully saturated rings. The predicted octanol–water partition coefficient (Wildman–Crippen LogP) is 2.24. The molecule has 3 heterocycles. The Morgan fingerprint density at radius 3 is 3.07 bits per heavy atom. The molecule has 1 aromatic heterocycles. The molecule has 2 aromatic rings. The van der Waals surface area contributed by atoms with Gasteiger partial charge in [-0.1, -0.05) is 0 Å². The molecule has 146 valence electrons. The number of methoxy groups -OCH3 is 1. The lowest BCUT2D eigenvalue weighted by atomic mass is 10.1. The molecule has 1 N–H and O–H groups in total. The first kappa shape index (κ1) is 18.5. The summed E-state index contributed by atoms with van der Waals surface area (Å²) in [5.41, 5.74) is 1.96. The maximum atomic E-state index is 12.6. The highest BCUT2D eigenvalue weighted by atomic mass is 16.5. The van der Waals surface area contributed by atoms with Crippen LogP contribution >= 0.6 is 0 Å². The van der Waals surface area contributed by atoms with Gasteiger partial charge < -0.3 is 15.0 Å². The summed E-state index contributed by atoms with van der Waals surface area (Å²) < 4.78 is 5.35. The van der Waals surface area contributed by atoms with Crippen molar-refractivity contribution in [2.45, 2.75) is 31.3 Å². The summed E-state index contributed by atoms with van der Waals surface area (Å²) in [6.07, 6.45) is 4.50. The lowest BCUT2D eigenvalue weighted by molar-refractivity contribution is -0.132. The van der Waals surface area contributed by atoms with Gasteiger partial charge in [0.25, 0.3) is 0 Å². The van der Waals surface area contributed by atoms with Crippen LogP contribution in [0.5, 0.6) is 5.75 Å². The molecule has 7 nitrogen and oxygen atoms in total. The third-order valence-corrected chi connectivity index (χ3v) is 5.66. The van der Waals surface area contributed by atoms with E-state index < -0.39 is 0 Å². The summed E-state index contributed by atoms with van der Waals surface area (Å²) in [4.78, 5) is 20.9. The number of nitrogens with zero attached hydrogens (tertiary/aromatic N) is 4. The van der Waals surface area contributed by atoms with E-state index in [1.54, 1.807) is 12.0 Å². The minimum Gasteiger partial charge on any atom is -0.497 e. The monoisotopic (exact) mass is 379 g/mol. The molecule has 2 atom stereocenters. The Morgan fingerprint density at radius 2 is 2.25 bits per heavy atom. The number of anilines is 1. The molecule has 1 aromatic carbocycles. The van der Waals surface area contributed by atoms with Crippen molar-refractivity contribution in [2.24, 2.45) is 0 Å². The highest BCUT2D eigenvalue weighted by molar-refractivity contribution is 5.92. The molecule has 7 heteroatoms. The highest BCUT2D eigenvalue weighted by Crippen LogP contribution is 2.27. The number of pyridine rings is 1. The van der Waals surface area contributed by atoms with Crippen molar-refractivity contribution in [3.05, 3.63) is 30.5 Å². The van der Waals surface area contributed by atoms with Gasteiger partial charge >= 0.3 is 0 Å². The molecule has 0 aliphatic carbocycles. The molecule has 0 unspecified atom stereocenters. The Hall–Kier alpha value is -2.85. The second kappa shape index (κ2) is 8.03. The van der Waals surface area contributed by atoms with Crippen LogP contribution in [0.15, 0.2) is 30.5 Å². The van der Waals surface area contributed by atoms with Gasteiger partial charge in [-0.2, -0.15) is 5.26 Å². The van der Waals surface area contributed by atoms with E-state index in [0.29, 0.717) is 13.1 Å². The average molecular weight is 379 g/mol. The van der Waals surface area contributed by atoms with E-state index in [4.69, 9.17) is 4.74 Å². The van der Waals surface area contributed by atoms with E-state index in [0.717, 1.165) is 54.7 Å². The van der Waals surface area contributed by atoms with Crippen LogP contribution in [0, 0.1) is 11.3 Å². The summed E-state index contributed by atoms with van der Waals surface area (Å²) in [6, 6.07) is 10.1. The number of hydrogen-bond donors (Lipinski definition) is 1. The molecule has 2 aliphatic heterocycles. The van der Waals surface area contributed by atoms with Gasteiger partial charge in [0, 0.05) is 42.9 Å². The third-order valence-electron chi connectivity index (χ3n) is 5.66. The van der Waals surface area contributed by atoms with Crippen LogP contribution in [0.2, 0.25) is 0 Å². The van der Waals surface area contributed by atoms with Gasteiger partial charge in [-0.15, -0.1) is 0 Å². The Morgan fingerprint density at radius 1 is 1.36 bits per heavy atom. The van der Waals surface area contributed by atoms with Crippen molar-refractivity contribution in [1.82, 2.24) is 14.8 Å². The van der Waals surface area contributed by atoms with E-state index in [9.17, 15) is 10.1 Å². The molecule has 0 bridgehead atoms. The maximum Gasteiger partial charge on any atom is 0.237 e. The number of likely N-dealkylation sites (tertiary alicyclic amines) is 2. The first-order valence-electron chi connectivity index (χ1n) is 9.78. The fourth-order valence-electron chi connectivity index (χ4n) is 4.17. The quantitative estimate of drug-likeness (QED) is 0.858. The number of nitrogens with one attached hydrogen (secondary N) is 1. The van der Waals surface area contributed by atoms with Crippen LogP contribution < -0.4 is 10.1 Å². The minimum atomic E-state index is -0.248. The SMILES string of the molecule is COc1ccc2nccc(N[C@@H]3CCN(CC(=O)N4CCC[C@H]4C#N)C3)c2c1. The predicted molar refractivity (Wildman–Crippen MR) is 107 cm³/mol. The highest BCUT2D eigenvalue weighted by Gasteiger charge is 2.31. The molecule has 0 saturated carbocycles. The number of ether oxygens (including phenoxy) is 1. The van der Waals surface area contributed by atoms with E-state index in [1.807, 2.05) is 30.5 Å². The van der Waals surface area contributed by atoms with Gasteiger partial charge in [-0.25, -0.2) is 0 Å². The van der Waals surface area contributed by atoms with Gasteiger partial charge in [0.05, 0.1) is 25.2 Å². The second-order valence-corrected chi connectivity index (χ2v) is 7.48. The summed E-state index contributed by atoms with van der Waals surface area (Å²) in [5.74, 6) is 0.878. The molecule has 2 aliphatic rings. The molecule has 2 saturated heterocycles. The normalized spacial score (nSPS) is 22.4. The Labute approximate surface area is 164 Å². The van der Waals surface area contributed by atoms with Crippen LogP contribution in [0.25, 0.3) is 10.9 Å². The minimum absolute atomic E-state index is 0.0730. The smallest absolute Gasteiger partial charge is 0.237 e. The first-order valence-corrected chi connectivity index (χ1v) is 9.78. The number of amides is 1. The summed E-state index contributed by atoms with van der Waals surface area (Å²) >= 11 is 0. The zero-order valence-corrected chi connectivity index (χ0v) is 16.1. The molecule has 4 rings (SSSR count). The van der Waals surface area contributed by atoms with Gasteiger partial charge in [0.2, 0.25) is 5.91 Å². The Bertz CT molecular complexity index is 909. The summed E-state index contributed by atoms with van der Waals surface area (Å²) in [6.45, 7) is 2.78. The van der Waals surface area contributed by atoms with Gasteiger partial charge in [0.15, 0.2) is 0 Å². The summed E-state index contributed by atoms with van der Waals surface area (Å²) in [7, 11) is 1.66. The number of rotatable bonds is 5. The number of carbonyl (C=O) groups excluding carboxylic acids is 1. The van der Waals surface area contributed by atoms with E-state index in [1.165, 1.54) is 0 Å². The molecular formula is C21H25N5O2. The van der Waals surface area contributed by atoms with Crippen molar-refractivity contribution < 1.29 is 9.53 Å². The number of hydrogen-bond acceptors (Lipinski definition) is 6. The van der Waals surface area contributed by atoms with Crippen LogP contribution in [-0.4, -0.2) is 66.1 Å². The van der Waals surface area contributed by atoms with E-state index in [-0.39, 0.29) is 18.0 Å². The van der Waals surface area contributed by atoms with Crippen LogP contribution in [0.4, 0.5) is 5.69 Å². The van der Waals surface area contributed by atoms with Crippen LogP contribution in [-0.2, 0) is 4.79 Å². The Kier molecular flexibility index (Phi) is 5.31. The van der Waals surface area contributed by atoms with Crippen LogP contribution in [0.3, 0.4) is 0 Å². The maximum absolute atomic E-state index is 12.6. The van der Waals surface area contributed by atoms with Crippen molar-refractivity contribution in [1.29, 1.82) is 5.26 Å². The van der Waals surface area contributed by atoms with Gasteiger partial charge in [-0.05, 0) is 43.5 Å². The lowest BCUT2D eigenvalue weighted by Crippen LogP contribution is -2.42. The van der Waals surface area contributed by atoms with Gasteiger partial charge in [0.1, 0.15) is 11.8 Å². The molecule has 0 radical (unpaired) electrons. The van der Waals surface area contributed by atoms with Crippen molar-refractivity contribution >= 4 is 22.5 Å². The van der Waals surface area contributed by atoms with E-state index in [2.05, 4.69) is 21.3 Å². The second-order valence-electron chi connectivity index (χ2n) is 7.48. The number of nitriles is 1. The number of fused-ring (bicyclic) bond motifs is 1. The number of carbonyl (C=O) groups is 1. The van der Waals surface area contributed by atoms with Crippen molar-refractivity contribution in [3.63, 3.8) is 0 Å². The number of benzene rings is 1. The fourth-order valence-corrected chi connectivity index (χ4v) is 4.17. The molecule has 0 spiro atoms. The van der Waals surface area contributed by atoms with Crippen LogP contribution in [0.1, 0.15) is 19.3 Å². The molecular weight excluding hydrogens is 354 g/mol. The van der Waals surface area contributed by atoms with Gasteiger partial charge in [-0.3, -0.25) is 14.7 Å². The lowest BCUT2D eigenvalue weighted by Gasteiger charge is -2.23. The largest absolute Gasteiger partial charge is 0.497 e. The first-order chi connectivity index (χ1) is 13.7. The zero-order chi connectivity index (χ0) is 19.5. The third kappa shape index (κ3) is 3.73. The summed E-state index contributed by atoms with van der Waals surface area (Å²) in [5, 5.41) is 13.8. The Balaban J connectivity index is 1.39. The molecule has 1 amide bonds. The zero-order valence-electron chi connectivity index (χ0n) is 16.1. The standard InChI is InChI=1S/C21H25N5O2/c1-28-17-4-5-19-18(11-17)20(6-8-23-19)24-15-7-10-25(13-15)14-21(27)26-9-2-3-16(26)12-22/h4-6,8,11,15-16H,2-3,7,9-10,13-14H2,1H3,(H,23,24)/t15-,16+/m1/s1. The fraction of sp³-hybridized carbons (Fsp3) is 0.476.